The fourth-order valence-corrected chi connectivity index (χ4v) is 4.82. The van der Waals surface area contributed by atoms with Crippen LogP contribution in [0.5, 0.6) is 11.6 Å². The molecule has 0 saturated carbocycles. The molecule has 2 aromatic carbocycles. The fourth-order valence-electron chi connectivity index (χ4n) is 4.19. The predicted octanol–water partition coefficient (Wildman–Crippen LogP) is 4.17. The number of hydrogen-bond acceptors (Lipinski definition) is 8. The molecule has 2 aromatic heterocycles. The number of sulfone groups is 1. The Morgan fingerprint density at radius 1 is 0.946 bits per heavy atom. The van der Waals surface area contributed by atoms with E-state index in [1.165, 1.54) is 30.6 Å². The lowest BCUT2D eigenvalue weighted by Gasteiger charge is -2.33. The van der Waals surface area contributed by atoms with Crippen LogP contribution in [0.2, 0.25) is 0 Å². The van der Waals surface area contributed by atoms with E-state index in [9.17, 15) is 21.6 Å². The number of piperidine rings is 1. The summed E-state index contributed by atoms with van der Waals surface area (Å²) in [6.07, 6.45) is 0.689. The molecule has 4 aromatic rings. The lowest BCUT2D eigenvalue weighted by Crippen LogP contribution is -2.38. The van der Waals surface area contributed by atoms with Gasteiger partial charge in [0.25, 0.3) is 0 Å². The van der Waals surface area contributed by atoms with Gasteiger partial charge >= 0.3 is 6.36 Å². The van der Waals surface area contributed by atoms with Crippen LogP contribution in [0.25, 0.3) is 16.7 Å². The second-order valence-corrected chi connectivity index (χ2v) is 10.6. The molecule has 37 heavy (non-hydrogen) atoms. The van der Waals surface area contributed by atoms with Gasteiger partial charge in [0.2, 0.25) is 5.88 Å². The number of alkyl halides is 3. The van der Waals surface area contributed by atoms with Crippen LogP contribution in [0.3, 0.4) is 0 Å². The molecule has 0 atom stereocenters. The van der Waals surface area contributed by atoms with Gasteiger partial charge in [0, 0.05) is 37.9 Å². The summed E-state index contributed by atoms with van der Waals surface area (Å²) in [7, 11) is -3.31. The van der Waals surface area contributed by atoms with Gasteiger partial charge in [-0.05, 0) is 48.5 Å². The van der Waals surface area contributed by atoms with E-state index < -0.39 is 16.2 Å². The maximum atomic E-state index is 12.4. The zero-order valence-electron chi connectivity index (χ0n) is 19.6. The lowest BCUT2D eigenvalue weighted by atomic mass is 10.1. The van der Waals surface area contributed by atoms with Crippen molar-refractivity contribution in [2.24, 2.45) is 0 Å². The Kier molecular flexibility index (Phi) is 6.40. The molecule has 194 valence electrons. The van der Waals surface area contributed by atoms with E-state index in [4.69, 9.17) is 4.74 Å². The summed E-state index contributed by atoms with van der Waals surface area (Å²) in [5, 5.41) is 5.01. The molecular weight excluding hydrogens is 511 g/mol. The second-order valence-electron chi connectivity index (χ2n) is 8.58. The molecule has 1 fully saturated rings. The van der Waals surface area contributed by atoms with Gasteiger partial charge in [-0.15, -0.1) is 13.2 Å². The molecule has 0 spiro atoms. The van der Waals surface area contributed by atoms with Crippen LogP contribution in [0.1, 0.15) is 12.8 Å². The molecule has 0 N–H and O–H groups in total. The van der Waals surface area contributed by atoms with Crippen LogP contribution >= 0.6 is 0 Å². The molecule has 0 aliphatic carbocycles. The Morgan fingerprint density at radius 3 is 2.22 bits per heavy atom. The van der Waals surface area contributed by atoms with Crippen molar-refractivity contribution in [3.05, 3.63) is 61.1 Å². The van der Waals surface area contributed by atoms with Gasteiger partial charge < -0.3 is 14.4 Å². The molecule has 0 bridgehead atoms. The maximum Gasteiger partial charge on any atom is 0.573 e. The predicted molar refractivity (Wildman–Crippen MR) is 129 cm³/mol. The Hall–Kier alpha value is -3.87. The van der Waals surface area contributed by atoms with Crippen molar-refractivity contribution in [2.45, 2.75) is 30.2 Å². The van der Waals surface area contributed by atoms with E-state index >= 15 is 0 Å². The normalized spacial score (nSPS) is 15.2. The van der Waals surface area contributed by atoms with Gasteiger partial charge in [-0.2, -0.15) is 5.10 Å². The van der Waals surface area contributed by atoms with Crippen LogP contribution in [0, 0.1) is 0 Å². The highest BCUT2D eigenvalue weighted by Crippen LogP contribution is 2.29. The van der Waals surface area contributed by atoms with Crippen molar-refractivity contribution in [1.29, 1.82) is 0 Å². The summed E-state index contributed by atoms with van der Waals surface area (Å²) in [4.78, 5) is 10.9. The summed E-state index contributed by atoms with van der Waals surface area (Å²) in [5.74, 6) is 0.144. The summed E-state index contributed by atoms with van der Waals surface area (Å²) in [5.41, 5.74) is 1.98. The van der Waals surface area contributed by atoms with Crippen molar-refractivity contribution in [1.82, 2.24) is 19.7 Å². The van der Waals surface area contributed by atoms with E-state index in [0.29, 0.717) is 48.5 Å². The van der Waals surface area contributed by atoms with Gasteiger partial charge in [-0.25, -0.2) is 23.1 Å². The van der Waals surface area contributed by atoms with Crippen LogP contribution in [-0.2, 0) is 9.84 Å². The maximum absolute atomic E-state index is 12.4. The zero-order valence-corrected chi connectivity index (χ0v) is 20.4. The summed E-state index contributed by atoms with van der Waals surface area (Å²) in [6, 6.07) is 12.2. The first-order chi connectivity index (χ1) is 17.6. The Labute approximate surface area is 210 Å². The first-order valence-corrected chi connectivity index (χ1v) is 13.2. The Bertz CT molecular complexity index is 1500. The number of fused-ring (bicyclic) bond motifs is 1. The van der Waals surface area contributed by atoms with Gasteiger partial charge in [-0.3, -0.25) is 0 Å². The minimum atomic E-state index is -4.72. The lowest BCUT2D eigenvalue weighted by molar-refractivity contribution is -0.274. The van der Waals surface area contributed by atoms with Gasteiger partial charge in [0.05, 0.1) is 16.8 Å². The number of halogens is 3. The van der Waals surface area contributed by atoms with Gasteiger partial charge in [-0.1, -0.05) is 0 Å². The standard InChI is InChI=1S/C24H22F3N5O4S/c1-37(33,34)20-8-4-17(5-9-20)32-22-21(14-30-32)23(29-15-28-22)35-18-10-12-31(13-11-18)16-2-6-19(7-3-16)36-24(25,26)27/h2-9,14-15,18H,10-13H2,1H3. The topological polar surface area (TPSA) is 99.4 Å². The van der Waals surface area contributed by atoms with Crippen molar-refractivity contribution < 1.29 is 31.1 Å². The fraction of sp³-hybridized carbons (Fsp3) is 0.292. The minimum absolute atomic E-state index is 0.111. The second kappa shape index (κ2) is 9.54. The molecule has 1 aliphatic heterocycles. The van der Waals surface area contributed by atoms with E-state index in [1.54, 1.807) is 35.1 Å². The van der Waals surface area contributed by atoms with Crippen molar-refractivity contribution in [3.8, 4) is 17.3 Å². The quantitative estimate of drug-likeness (QED) is 0.364. The molecule has 13 heteroatoms. The van der Waals surface area contributed by atoms with E-state index in [-0.39, 0.29) is 16.7 Å². The van der Waals surface area contributed by atoms with Gasteiger partial charge in [0.15, 0.2) is 15.5 Å². The molecule has 9 nitrogen and oxygen atoms in total. The Morgan fingerprint density at radius 2 is 1.59 bits per heavy atom. The van der Waals surface area contributed by atoms with Crippen molar-refractivity contribution >= 4 is 26.6 Å². The average molecular weight is 534 g/mol. The highest BCUT2D eigenvalue weighted by Gasteiger charge is 2.31. The van der Waals surface area contributed by atoms with Crippen LogP contribution < -0.4 is 14.4 Å². The Balaban J connectivity index is 1.25. The first-order valence-electron chi connectivity index (χ1n) is 11.3. The van der Waals surface area contributed by atoms with E-state index in [1.807, 2.05) is 0 Å². The number of hydrogen-bond donors (Lipinski definition) is 0. The monoisotopic (exact) mass is 533 g/mol. The molecule has 1 saturated heterocycles. The number of rotatable bonds is 6. The molecular formula is C24H22F3N5O4S. The van der Waals surface area contributed by atoms with Crippen LogP contribution in [0.15, 0.2) is 66.0 Å². The van der Waals surface area contributed by atoms with E-state index in [0.717, 1.165) is 11.9 Å². The van der Waals surface area contributed by atoms with E-state index in [2.05, 4.69) is 24.7 Å². The van der Waals surface area contributed by atoms with Gasteiger partial charge in [0.1, 0.15) is 23.6 Å². The number of aromatic nitrogens is 4. The van der Waals surface area contributed by atoms with Crippen molar-refractivity contribution in [2.75, 3.05) is 24.2 Å². The average Bonchev–Trinajstić information content (AvgIpc) is 3.29. The minimum Gasteiger partial charge on any atom is -0.474 e. The third-order valence-corrected chi connectivity index (χ3v) is 7.12. The number of ether oxygens (including phenoxy) is 2. The SMILES string of the molecule is CS(=O)(=O)c1ccc(-n2ncc3c(OC4CCN(c5ccc(OC(F)(F)F)cc5)CC4)ncnc32)cc1. The molecule has 0 amide bonds. The van der Waals surface area contributed by atoms with Crippen LogP contribution in [0.4, 0.5) is 18.9 Å². The molecule has 5 rings (SSSR count). The summed E-state index contributed by atoms with van der Waals surface area (Å²) < 4.78 is 72.3. The summed E-state index contributed by atoms with van der Waals surface area (Å²) >= 11 is 0. The third kappa shape index (κ3) is 5.61. The van der Waals surface area contributed by atoms with Crippen molar-refractivity contribution in [3.63, 3.8) is 0 Å². The smallest absolute Gasteiger partial charge is 0.474 e. The number of benzene rings is 2. The highest BCUT2D eigenvalue weighted by molar-refractivity contribution is 7.90. The molecule has 0 radical (unpaired) electrons. The summed E-state index contributed by atoms with van der Waals surface area (Å²) in [6.45, 7) is 1.31. The zero-order chi connectivity index (χ0) is 26.2. The molecule has 1 aliphatic rings. The molecule has 0 unspecified atom stereocenters. The molecule has 3 heterocycles. The number of anilines is 1. The van der Waals surface area contributed by atoms with Crippen LogP contribution in [-0.4, -0.2) is 60.0 Å². The highest BCUT2D eigenvalue weighted by atomic mass is 32.2. The first kappa shape index (κ1) is 24.8. The largest absolute Gasteiger partial charge is 0.573 e. The third-order valence-electron chi connectivity index (χ3n) is 5.99. The number of nitrogens with zero attached hydrogens (tertiary/aromatic N) is 5.